The molecule has 1 saturated carbocycles. The topological polar surface area (TPSA) is 21.3 Å². The van der Waals surface area contributed by atoms with Gasteiger partial charge in [-0.3, -0.25) is 0 Å². The highest BCUT2D eigenvalue weighted by Crippen LogP contribution is 2.18. The molecule has 94 valence electrons. The number of benzene rings is 1. The SMILES string of the molecule is CC(CNC1CC1)OCCCc1ccccc1. The highest BCUT2D eigenvalue weighted by Gasteiger charge is 2.20. The Bertz CT molecular complexity index is 308. The predicted molar refractivity (Wildman–Crippen MR) is 71.2 cm³/mol. The Kier molecular flexibility index (Phi) is 5.02. The van der Waals surface area contributed by atoms with Gasteiger partial charge < -0.3 is 10.1 Å². The molecule has 2 rings (SSSR count). The zero-order chi connectivity index (χ0) is 11.9. The van der Waals surface area contributed by atoms with Crippen molar-refractivity contribution in [3.63, 3.8) is 0 Å². The van der Waals surface area contributed by atoms with Crippen molar-refractivity contribution in [2.24, 2.45) is 0 Å². The van der Waals surface area contributed by atoms with E-state index in [0.29, 0.717) is 6.10 Å². The van der Waals surface area contributed by atoms with E-state index in [1.165, 1.54) is 18.4 Å². The maximum atomic E-state index is 5.78. The van der Waals surface area contributed by atoms with E-state index in [4.69, 9.17) is 4.74 Å². The van der Waals surface area contributed by atoms with E-state index < -0.39 is 0 Å². The monoisotopic (exact) mass is 233 g/mol. The van der Waals surface area contributed by atoms with Crippen LogP contribution in [0.1, 0.15) is 31.7 Å². The first-order valence-electron chi connectivity index (χ1n) is 6.73. The lowest BCUT2D eigenvalue weighted by molar-refractivity contribution is 0.0641. The van der Waals surface area contributed by atoms with Crippen LogP contribution < -0.4 is 5.32 Å². The second kappa shape index (κ2) is 6.77. The number of rotatable bonds is 8. The number of hydrogen-bond acceptors (Lipinski definition) is 2. The third-order valence-corrected chi connectivity index (χ3v) is 3.13. The molecule has 0 spiro atoms. The second-order valence-corrected chi connectivity index (χ2v) is 4.95. The van der Waals surface area contributed by atoms with Crippen molar-refractivity contribution in [3.8, 4) is 0 Å². The standard InChI is InChI=1S/C15H23NO/c1-13(12-16-15-9-10-15)17-11-5-8-14-6-3-2-4-7-14/h2-4,6-7,13,15-16H,5,8-12H2,1H3. The van der Waals surface area contributed by atoms with Gasteiger partial charge in [-0.05, 0) is 38.2 Å². The smallest absolute Gasteiger partial charge is 0.0671 e. The van der Waals surface area contributed by atoms with Gasteiger partial charge in [-0.1, -0.05) is 30.3 Å². The molecule has 0 aliphatic heterocycles. The molecule has 0 radical (unpaired) electrons. The van der Waals surface area contributed by atoms with E-state index in [0.717, 1.165) is 32.0 Å². The van der Waals surface area contributed by atoms with E-state index in [9.17, 15) is 0 Å². The Morgan fingerprint density at radius 3 is 2.76 bits per heavy atom. The molecule has 0 aromatic heterocycles. The van der Waals surface area contributed by atoms with Crippen LogP contribution in [-0.2, 0) is 11.2 Å². The minimum absolute atomic E-state index is 0.339. The number of ether oxygens (including phenoxy) is 1. The molecule has 1 atom stereocenters. The van der Waals surface area contributed by atoms with Crippen LogP contribution in [0.3, 0.4) is 0 Å². The van der Waals surface area contributed by atoms with Crippen LogP contribution >= 0.6 is 0 Å². The fourth-order valence-electron chi connectivity index (χ4n) is 1.88. The molecule has 0 bridgehead atoms. The highest BCUT2D eigenvalue weighted by atomic mass is 16.5. The highest BCUT2D eigenvalue weighted by molar-refractivity contribution is 5.14. The third kappa shape index (κ3) is 5.33. The van der Waals surface area contributed by atoms with Crippen molar-refractivity contribution < 1.29 is 4.74 Å². The summed E-state index contributed by atoms with van der Waals surface area (Å²) in [5, 5.41) is 3.49. The molecular formula is C15H23NO. The summed E-state index contributed by atoms with van der Waals surface area (Å²) in [6.45, 7) is 4.01. The molecule has 2 heteroatoms. The average molecular weight is 233 g/mol. The van der Waals surface area contributed by atoms with Crippen LogP contribution in [0.2, 0.25) is 0 Å². The summed E-state index contributed by atoms with van der Waals surface area (Å²) in [6.07, 6.45) is 5.26. The maximum Gasteiger partial charge on any atom is 0.0671 e. The first-order valence-corrected chi connectivity index (χ1v) is 6.73. The minimum atomic E-state index is 0.339. The molecule has 1 aromatic rings. The Balaban J connectivity index is 1.50. The van der Waals surface area contributed by atoms with Crippen molar-refractivity contribution >= 4 is 0 Å². The Labute approximate surface area is 104 Å². The van der Waals surface area contributed by atoms with E-state index >= 15 is 0 Å². The molecule has 0 saturated heterocycles. The van der Waals surface area contributed by atoms with Crippen molar-refractivity contribution in [3.05, 3.63) is 35.9 Å². The Hall–Kier alpha value is -0.860. The molecule has 0 amide bonds. The van der Waals surface area contributed by atoms with E-state index in [1.807, 2.05) is 0 Å². The number of aryl methyl sites for hydroxylation is 1. The van der Waals surface area contributed by atoms with Gasteiger partial charge in [-0.2, -0.15) is 0 Å². The zero-order valence-corrected chi connectivity index (χ0v) is 10.7. The van der Waals surface area contributed by atoms with Crippen LogP contribution in [0, 0.1) is 0 Å². The van der Waals surface area contributed by atoms with Crippen LogP contribution in [0.15, 0.2) is 30.3 Å². The molecule has 1 fully saturated rings. The molecular weight excluding hydrogens is 210 g/mol. The lowest BCUT2D eigenvalue weighted by atomic mass is 10.1. The molecule has 0 heterocycles. The van der Waals surface area contributed by atoms with Crippen LogP contribution in [-0.4, -0.2) is 25.3 Å². The lowest BCUT2D eigenvalue weighted by Gasteiger charge is -2.13. The van der Waals surface area contributed by atoms with Crippen molar-refractivity contribution in [2.75, 3.05) is 13.2 Å². The van der Waals surface area contributed by atoms with Crippen LogP contribution in [0.5, 0.6) is 0 Å². The van der Waals surface area contributed by atoms with Gasteiger partial charge in [0.2, 0.25) is 0 Å². The summed E-state index contributed by atoms with van der Waals surface area (Å²) in [5.74, 6) is 0. The molecule has 1 aromatic carbocycles. The van der Waals surface area contributed by atoms with Crippen molar-refractivity contribution in [1.82, 2.24) is 5.32 Å². The summed E-state index contributed by atoms with van der Waals surface area (Å²) in [5.41, 5.74) is 1.40. The first-order chi connectivity index (χ1) is 8.34. The number of hydrogen-bond donors (Lipinski definition) is 1. The molecule has 1 N–H and O–H groups in total. The lowest BCUT2D eigenvalue weighted by Crippen LogP contribution is -2.28. The number of nitrogens with one attached hydrogen (secondary N) is 1. The second-order valence-electron chi connectivity index (χ2n) is 4.95. The minimum Gasteiger partial charge on any atom is -0.377 e. The summed E-state index contributed by atoms with van der Waals surface area (Å²) in [4.78, 5) is 0. The fourth-order valence-corrected chi connectivity index (χ4v) is 1.88. The third-order valence-electron chi connectivity index (χ3n) is 3.13. The molecule has 2 nitrogen and oxygen atoms in total. The van der Waals surface area contributed by atoms with Crippen LogP contribution in [0.4, 0.5) is 0 Å². The van der Waals surface area contributed by atoms with E-state index in [1.54, 1.807) is 0 Å². The van der Waals surface area contributed by atoms with Gasteiger partial charge in [0, 0.05) is 19.2 Å². The largest absolute Gasteiger partial charge is 0.377 e. The first kappa shape index (κ1) is 12.6. The van der Waals surface area contributed by atoms with Gasteiger partial charge in [-0.15, -0.1) is 0 Å². The molecule has 17 heavy (non-hydrogen) atoms. The average Bonchev–Trinajstić information content (AvgIpc) is 3.17. The van der Waals surface area contributed by atoms with E-state index in [-0.39, 0.29) is 0 Å². The van der Waals surface area contributed by atoms with Gasteiger partial charge in [0.25, 0.3) is 0 Å². The summed E-state index contributed by atoms with van der Waals surface area (Å²) < 4.78 is 5.78. The van der Waals surface area contributed by atoms with Gasteiger partial charge in [0.15, 0.2) is 0 Å². The van der Waals surface area contributed by atoms with Gasteiger partial charge in [0.05, 0.1) is 6.10 Å². The quantitative estimate of drug-likeness (QED) is 0.697. The summed E-state index contributed by atoms with van der Waals surface area (Å²) in [6, 6.07) is 11.4. The normalized spacial score (nSPS) is 17.0. The van der Waals surface area contributed by atoms with Gasteiger partial charge >= 0.3 is 0 Å². The van der Waals surface area contributed by atoms with Gasteiger partial charge in [-0.25, -0.2) is 0 Å². The molecule has 1 aliphatic carbocycles. The van der Waals surface area contributed by atoms with E-state index in [2.05, 4.69) is 42.6 Å². The van der Waals surface area contributed by atoms with Gasteiger partial charge in [0.1, 0.15) is 0 Å². The van der Waals surface area contributed by atoms with Crippen molar-refractivity contribution in [2.45, 2.75) is 44.8 Å². The zero-order valence-electron chi connectivity index (χ0n) is 10.7. The molecule has 1 aliphatic rings. The van der Waals surface area contributed by atoms with Crippen LogP contribution in [0.25, 0.3) is 0 Å². The molecule has 1 unspecified atom stereocenters. The Morgan fingerprint density at radius 1 is 1.29 bits per heavy atom. The summed E-state index contributed by atoms with van der Waals surface area (Å²) >= 11 is 0. The summed E-state index contributed by atoms with van der Waals surface area (Å²) in [7, 11) is 0. The maximum absolute atomic E-state index is 5.78. The Morgan fingerprint density at radius 2 is 2.06 bits per heavy atom. The predicted octanol–water partition coefficient (Wildman–Crippen LogP) is 2.78. The fraction of sp³-hybridized carbons (Fsp3) is 0.600. The van der Waals surface area contributed by atoms with Crippen molar-refractivity contribution in [1.29, 1.82) is 0 Å².